The summed E-state index contributed by atoms with van der Waals surface area (Å²) in [6.45, 7) is -0.425. The van der Waals surface area contributed by atoms with E-state index in [2.05, 4.69) is 0 Å². The van der Waals surface area contributed by atoms with Crippen LogP contribution in [0.3, 0.4) is 0 Å². The fourth-order valence-corrected chi connectivity index (χ4v) is 1.00. The third kappa shape index (κ3) is 3.07. The number of rotatable bonds is 3. The molecule has 0 aromatic heterocycles. The molecule has 0 spiro atoms. The van der Waals surface area contributed by atoms with E-state index in [9.17, 15) is 10.1 Å². The van der Waals surface area contributed by atoms with Crippen LogP contribution in [-0.2, 0) is 0 Å². The van der Waals surface area contributed by atoms with E-state index in [1.807, 2.05) is 18.2 Å². The zero-order valence-electron chi connectivity index (χ0n) is 7.38. The Kier molecular flexibility index (Phi) is 3.39. The fraction of sp³-hybridized carbons (Fsp3) is 0.100. The summed E-state index contributed by atoms with van der Waals surface area (Å²) in [6, 6.07) is 10.8. The van der Waals surface area contributed by atoms with Crippen LogP contribution in [0.1, 0.15) is 5.56 Å². The molecule has 0 aliphatic rings. The van der Waals surface area contributed by atoms with Gasteiger partial charge in [-0.05, 0) is 11.6 Å². The van der Waals surface area contributed by atoms with Gasteiger partial charge in [0.1, 0.15) is 11.6 Å². The Labute approximate surface area is 81.2 Å². The number of nitro groups is 1. The predicted octanol–water partition coefficient (Wildman–Crippen LogP) is 1.87. The second-order valence-electron chi connectivity index (χ2n) is 2.68. The van der Waals surface area contributed by atoms with Crippen molar-refractivity contribution in [3.05, 3.63) is 51.6 Å². The third-order valence-corrected chi connectivity index (χ3v) is 1.58. The Bertz CT molecular complexity index is 390. The van der Waals surface area contributed by atoms with Crippen LogP contribution in [0, 0.1) is 21.4 Å². The minimum Gasteiger partial charge on any atom is -0.264 e. The van der Waals surface area contributed by atoms with E-state index in [1.54, 1.807) is 18.2 Å². The van der Waals surface area contributed by atoms with Gasteiger partial charge in [-0.15, -0.1) is 0 Å². The molecule has 0 radical (unpaired) electrons. The van der Waals surface area contributed by atoms with Gasteiger partial charge in [-0.1, -0.05) is 30.3 Å². The summed E-state index contributed by atoms with van der Waals surface area (Å²) in [5, 5.41) is 18.8. The highest BCUT2D eigenvalue weighted by Crippen LogP contribution is 2.05. The van der Waals surface area contributed by atoms with Gasteiger partial charge < -0.3 is 0 Å². The first-order chi connectivity index (χ1) is 6.72. The average Bonchev–Trinajstić information content (AvgIpc) is 2.17. The van der Waals surface area contributed by atoms with Crippen molar-refractivity contribution in [2.75, 3.05) is 6.54 Å². The third-order valence-electron chi connectivity index (χ3n) is 1.58. The highest BCUT2D eigenvalue weighted by molar-refractivity contribution is 5.56. The van der Waals surface area contributed by atoms with Gasteiger partial charge in [-0.25, -0.2) is 0 Å². The van der Waals surface area contributed by atoms with E-state index in [4.69, 9.17) is 5.26 Å². The molecule has 70 valence electrons. The summed E-state index contributed by atoms with van der Waals surface area (Å²) < 4.78 is 0. The maximum Gasteiger partial charge on any atom is 0.238 e. The lowest BCUT2D eigenvalue weighted by atomic mass is 10.1. The molecule has 0 heterocycles. The molecule has 0 unspecified atom stereocenters. The summed E-state index contributed by atoms with van der Waals surface area (Å²) in [4.78, 5) is 9.66. The SMILES string of the molecule is N#C/C(=C/c1ccccc1)C[N+](=O)[O-]. The second kappa shape index (κ2) is 4.77. The normalized spacial score (nSPS) is 10.6. The molecule has 0 aliphatic heterocycles. The van der Waals surface area contributed by atoms with Crippen LogP contribution in [0.15, 0.2) is 35.9 Å². The van der Waals surface area contributed by atoms with Crippen molar-refractivity contribution < 1.29 is 4.92 Å². The topological polar surface area (TPSA) is 66.9 Å². The molecule has 1 aromatic carbocycles. The molecule has 0 bridgehead atoms. The lowest BCUT2D eigenvalue weighted by Gasteiger charge is -1.93. The first kappa shape index (κ1) is 9.93. The van der Waals surface area contributed by atoms with Gasteiger partial charge >= 0.3 is 0 Å². The van der Waals surface area contributed by atoms with E-state index in [0.717, 1.165) is 5.56 Å². The zero-order chi connectivity index (χ0) is 10.4. The lowest BCUT2D eigenvalue weighted by Crippen LogP contribution is -2.02. The summed E-state index contributed by atoms with van der Waals surface area (Å²) >= 11 is 0. The molecule has 1 rings (SSSR count). The van der Waals surface area contributed by atoms with Crippen molar-refractivity contribution in [3.8, 4) is 6.07 Å². The van der Waals surface area contributed by atoms with Crippen molar-refractivity contribution in [1.82, 2.24) is 0 Å². The van der Waals surface area contributed by atoms with Crippen LogP contribution in [0.2, 0.25) is 0 Å². The number of nitrogens with zero attached hydrogens (tertiary/aromatic N) is 2. The summed E-state index contributed by atoms with van der Waals surface area (Å²) in [5.74, 6) is 0. The van der Waals surface area contributed by atoms with E-state index in [1.165, 1.54) is 6.08 Å². The quantitative estimate of drug-likeness (QED) is 0.413. The van der Waals surface area contributed by atoms with Crippen molar-refractivity contribution >= 4 is 6.08 Å². The zero-order valence-corrected chi connectivity index (χ0v) is 7.38. The highest BCUT2D eigenvalue weighted by atomic mass is 16.6. The van der Waals surface area contributed by atoms with Gasteiger partial charge in [0.25, 0.3) is 0 Å². The Morgan fingerprint density at radius 3 is 2.64 bits per heavy atom. The Balaban J connectivity index is 2.86. The van der Waals surface area contributed by atoms with Crippen LogP contribution < -0.4 is 0 Å². The molecule has 0 aliphatic carbocycles. The molecule has 14 heavy (non-hydrogen) atoms. The van der Waals surface area contributed by atoms with Gasteiger partial charge in [0, 0.05) is 4.92 Å². The lowest BCUT2D eigenvalue weighted by molar-refractivity contribution is -0.469. The number of hydrogen-bond donors (Lipinski definition) is 0. The molecule has 4 heteroatoms. The highest BCUT2D eigenvalue weighted by Gasteiger charge is 2.03. The smallest absolute Gasteiger partial charge is 0.238 e. The average molecular weight is 188 g/mol. The van der Waals surface area contributed by atoms with E-state index < -0.39 is 11.5 Å². The monoisotopic (exact) mass is 188 g/mol. The van der Waals surface area contributed by atoms with Crippen LogP contribution in [0.25, 0.3) is 6.08 Å². The van der Waals surface area contributed by atoms with Crippen molar-refractivity contribution in [3.63, 3.8) is 0 Å². The molecule has 1 aromatic rings. The Morgan fingerprint density at radius 1 is 1.50 bits per heavy atom. The van der Waals surface area contributed by atoms with Gasteiger partial charge in [0.05, 0.1) is 0 Å². The molecule has 0 atom stereocenters. The van der Waals surface area contributed by atoms with Gasteiger partial charge in [0.15, 0.2) is 0 Å². The number of benzene rings is 1. The Hall–Kier alpha value is -2.15. The molecule has 0 N–H and O–H groups in total. The molecule has 0 saturated heterocycles. The number of nitriles is 1. The van der Waals surface area contributed by atoms with Gasteiger partial charge in [-0.2, -0.15) is 5.26 Å². The molecule has 0 fully saturated rings. The van der Waals surface area contributed by atoms with E-state index >= 15 is 0 Å². The molecule has 4 nitrogen and oxygen atoms in total. The molecular weight excluding hydrogens is 180 g/mol. The van der Waals surface area contributed by atoms with Crippen LogP contribution >= 0.6 is 0 Å². The molecule has 0 saturated carbocycles. The minimum absolute atomic E-state index is 0.154. The van der Waals surface area contributed by atoms with Crippen molar-refractivity contribution in [2.24, 2.45) is 0 Å². The first-order valence-corrected chi connectivity index (χ1v) is 4.00. The predicted molar refractivity (Wildman–Crippen MR) is 51.9 cm³/mol. The first-order valence-electron chi connectivity index (χ1n) is 4.00. The van der Waals surface area contributed by atoms with E-state index in [0.29, 0.717) is 0 Å². The largest absolute Gasteiger partial charge is 0.264 e. The van der Waals surface area contributed by atoms with Crippen LogP contribution in [0.5, 0.6) is 0 Å². The van der Waals surface area contributed by atoms with E-state index in [-0.39, 0.29) is 5.57 Å². The summed E-state index contributed by atoms with van der Waals surface area (Å²) in [5.41, 5.74) is 0.951. The van der Waals surface area contributed by atoms with Crippen LogP contribution in [-0.4, -0.2) is 11.5 Å². The van der Waals surface area contributed by atoms with Gasteiger partial charge in [-0.3, -0.25) is 10.1 Å². The van der Waals surface area contributed by atoms with Crippen LogP contribution in [0.4, 0.5) is 0 Å². The standard InChI is InChI=1S/C10H8N2O2/c11-7-10(8-12(13)14)6-9-4-2-1-3-5-9/h1-6H,8H2/b10-6-. The van der Waals surface area contributed by atoms with Gasteiger partial charge in [0.2, 0.25) is 6.54 Å². The van der Waals surface area contributed by atoms with Crippen molar-refractivity contribution in [1.29, 1.82) is 5.26 Å². The molecule has 0 amide bonds. The molecular formula is C10H8N2O2. The van der Waals surface area contributed by atoms with Crippen molar-refractivity contribution in [2.45, 2.75) is 0 Å². The summed E-state index contributed by atoms with van der Waals surface area (Å²) in [7, 11) is 0. The maximum absolute atomic E-state index is 10.2. The minimum atomic E-state index is -0.516. The maximum atomic E-state index is 10.2. The number of hydrogen-bond acceptors (Lipinski definition) is 3. The Morgan fingerprint density at radius 2 is 2.14 bits per heavy atom. The second-order valence-corrected chi connectivity index (χ2v) is 2.68. The summed E-state index contributed by atoms with van der Waals surface area (Å²) in [6.07, 6.45) is 1.52. The fourth-order valence-electron chi connectivity index (χ4n) is 1.00.